The summed E-state index contributed by atoms with van der Waals surface area (Å²) in [4.78, 5) is 31.8. The van der Waals surface area contributed by atoms with E-state index in [2.05, 4.69) is 16.4 Å². The Balaban J connectivity index is 1.53. The molecular formula is C18H20N4O2S2. The summed E-state index contributed by atoms with van der Waals surface area (Å²) in [5, 5.41) is 13.5. The molecule has 8 heteroatoms. The average Bonchev–Trinajstić information content (AvgIpc) is 3.29. The Hall–Kier alpha value is -1.85. The molecule has 0 spiro atoms. The Kier molecular flexibility index (Phi) is 4.32. The molecule has 2 aliphatic carbocycles. The SMILES string of the molecule is Cn1c(SCC(=O)N[C@](C)(C#N)C2CC2)nc2sc3c(c2c1=O)CCC3. The summed E-state index contributed by atoms with van der Waals surface area (Å²) >= 11 is 2.85. The van der Waals surface area contributed by atoms with E-state index in [1.165, 1.54) is 26.8 Å². The Bertz CT molecular complexity index is 999. The molecule has 1 amide bonds. The molecule has 0 unspecified atom stereocenters. The van der Waals surface area contributed by atoms with Crippen LogP contribution in [0.5, 0.6) is 0 Å². The predicted molar refractivity (Wildman–Crippen MR) is 102 cm³/mol. The second-order valence-corrected chi connectivity index (χ2v) is 9.25. The van der Waals surface area contributed by atoms with Gasteiger partial charge in [-0.05, 0) is 50.5 Å². The van der Waals surface area contributed by atoms with E-state index >= 15 is 0 Å². The minimum absolute atomic E-state index is 0.0304. The van der Waals surface area contributed by atoms with Gasteiger partial charge in [0, 0.05) is 11.9 Å². The topological polar surface area (TPSA) is 87.8 Å². The number of carbonyl (C=O) groups excluding carboxylic acids is 1. The van der Waals surface area contributed by atoms with Crippen LogP contribution in [0.1, 0.15) is 36.6 Å². The number of thiophene rings is 1. The summed E-state index contributed by atoms with van der Waals surface area (Å²) in [7, 11) is 1.71. The largest absolute Gasteiger partial charge is 0.337 e. The van der Waals surface area contributed by atoms with Crippen LogP contribution >= 0.6 is 23.1 Å². The minimum Gasteiger partial charge on any atom is -0.337 e. The maximum atomic E-state index is 12.8. The van der Waals surface area contributed by atoms with E-state index in [0.29, 0.717) is 5.16 Å². The number of nitrogens with one attached hydrogen (secondary N) is 1. The molecule has 2 aromatic rings. The zero-order chi connectivity index (χ0) is 18.5. The summed E-state index contributed by atoms with van der Waals surface area (Å²) in [6, 6.07) is 2.23. The third kappa shape index (κ3) is 2.93. The number of amides is 1. The zero-order valence-electron chi connectivity index (χ0n) is 14.8. The number of thioether (sulfide) groups is 1. The number of hydrogen-bond donors (Lipinski definition) is 1. The number of aromatic nitrogens is 2. The molecule has 2 heterocycles. The first-order valence-corrected chi connectivity index (χ1v) is 10.6. The lowest BCUT2D eigenvalue weighted by Gasteiger charge is -2.22. The number of aryl methyl sites for hydroxylation is 2. The summed E-state index contributed by atoms with van der Waals surface area (Å²) in [6.07, 6.45) is 5.05. The Morgan fingerprint density at radius 1 is 1.50 bits per heavy atom. The van der Waals surface area contributed by atoms with Crippen LogP contribution in [0, 0.1) is 17.2 Å². The van der Waals surface area contributed by atoms with Crippen LogP contribution in [-0.4, -0.2) is 26.8 Å². The lowest BCUT2D eigenvalue weighted by molar-refractivity contribution is -0.119. The molecule has 0 aliphatic heterocycles. The molecule has 136 valence electrons. The molecule has 0 radical (unpaired) electrons. The smallest absolute Gasteiger partial charge is 0.262 e. The first kappa shape index (κ1) is 17.6. The van der Waals surface area contributed by atoms with Gasteiger partial charge < -0.3 is 5.32 Å². The monoisotopic (exact) mass is 388 g/mol. The summed E-state index contributed by atoms with van der Waals surface area (Å²) in [5.74, 6) is 0.184. The van der Waals surface area contributed by atoms with E-state index in [4.69, 9.17) is 0 Å². The highest BCUT2D eigenvalue weighted by atomic mass is 32.2. The van der Waals surface area contributed by atoms with Crippen molar-refractivity contribution in [1.82, 2.24) is 14.9 Å². The van der Waals surface area contributed by atoms with Crippen molar-refractivity contribution in [2.24, 2.45) is 13.0 Å². The third-order valence-electron chi connectivity index (χ3n) is 5.26. The minimum atomic E-state index is -0.796. The Labute approximate surface area is 159 Å². The molecule has 0 bridgehead atoms. The van der Waals surface area contributed by atoms with Gasteiger partial charge in [0.2, 0.25) is 5.91 Å². The molecule has 2 aromatic heterocycles. The van der Waals surface area contributed by atoms with Gasteiger partial charge in [0.05, 0.1) is 17.2 Å². The van der Waals surface area contributed by atoms with Gasteiger partial charge in [-0.25, -0.2) is 4.98 Å². The van der Waals surface area contributed by atoms with Crippen molar-refractivity contribution in [1.29, 1.82) is 5.26 Å². The average molecular weight is 389 g/mol. The molecular weight excluding hydrogens is 368 g/mol. The van der Waals surface area contributed by atoms with Crippen molar-refractivity contribution >= 4 is 39.2 Å². The van der Waals surface area contributed by atoms with Crippen molar-refractivity contribution < 1.29 is 4.79 Å². The van der Waals surface area contributed by atoms with Gasteiger partial charge in [0.15, 0.2) is 5.16 Å². The van der Waals surface area contributed by atoms with E-state index in [1.807, 2.05) is 0 Å². The number of hydrogen-bond acceptors (Lipinski definition) is 6. The van der Waals surface area contributed by atoms with Crippen molar-refractivity contribution in [2.45, 2.75) is 49.7 Å². The highest BCUT2D eigenvalue weighted by molar-refractivity contribution is 7.99. The number of fused-ring (bicyclic) bond motifs is 3. The van der Waals surface area contributed by atoms with E-state index in [1.54, 1.807) is 25.3 Å². The summed E-state index contributed by atoms with van der Waals surface area (Å²) in [5.41, 5.74) is 0.342. The molecule has 1 saturated carbocycles. The van der Waals surface area contributed by atoms with Gasteiger partial charge in [0.1, 0.15) is 10.4 Å². The van der Waals surface area contributed by atoms with Crippen LogP contribution in [0.3, 0.4) is 0 Å². The van der Waals surface area contributed by atoms with Crippen molar-refractivity contribution in [3.8, 4) is 6.07 Å². The van der Waals surface area contributed by atoms with Crippen molar-refractivity contribution in [3.63, 3.8) is 0 Å². The maximum Gasteiger partial charge on any atom is 0.262 e. The lowest BCUT2D eigenvalue weighted by Crippen LogP contribution is -2.47. The maximum absolute atomic E-state index is 12.8. The van der Waals surface area contributed by atoms with Crippen molar-refractivity contribution in [2.75, 3.05) is 5.75 Å². The predicted octanol–water partition coefficient (Wildman–Crippen LogP) is 2.38. The quantitative estimate of drug-likeness (QED) is 0.628. The third-order valence-corrected chi connectivity index (χ3v) is 7.48. The van der Waals surface area contributed by atoms with Crippen LogP contribution in [0.25, 0.3) is 10.2 Å². The van der Waals surface area contributed by atoms with E-state index in [-0.39, 0.29) is 23.1 Å². The molecule has 1 N–H and O–H groups in total. The highest BCUT2D eigenvalue weighted by Crippen LogP contribution is 2.39. The number of nitriles is 1. The van der Waals surface area contributed by atoms with Crippen LogP contribution < -0.4 is 10.9 Å². The Morgan fingerprint density at radius 2 is 2.27 bits per heavy atom. The molecule has 2 aliphatic rings. The fourth-order valence-corrected chi connectivity index (χ4v) is 5.65. The van der Waals surface area contributed by atoms with Gasteiger partial charge in [-0.1, -0.05) is 11.8 Å². The highest BCUT2D eigenvalue weighted by Gasteiger charge is 2.43. The standard InChI is InChI=1S/C18H20N4O2S2/c1-18(9-19,10-6-7-10)21-13(23)8-25-17-20-15-14(16(24)22(17)2)11-4-3-5-12(11)26-15/h10H,3-8H2,1-2H3,(H,21,23)/t18-/m1/s1. The van der Waals surface area contributed by atoms with E-state index < -0.39 is 5.54 Å². The second-order valence-electron chi connectivity index (χ2n) is 7.22. The first-order chi connectivity index (χ1) is 12.4. The zero-order valence-corrected chi connectivity index (χ0v) is 16.4. The molecule has 6 nitrogen and oxygen atoms in total. The normalized spacial score (nSPS) is 18.3. The fourth-order valence-electron chi connectivity index (χ4n) is 3.57. The molecule has 26 heavy (non-hydrogen) atoms. The van der Waals surface area contributed by atoms with Crippen molar-refractivity contribution in [3.05, 3.63) is 20.8 Å². The van der Waals surface area contributed by atoms with Gasteiger partial charge in [0.25, 0.3) is 5.56 Å². The van der Waals surface area contributed by atoms with Crippen LogP contribution in [0.4, 0.5) is 0 Å². The van der Waals surface area contributed by atoms with Crippen LogP contribution in [0.2, 0.25) is 0 Å². The van der Waals surface area contributed by atoms with Gasteiger partial charge in [-0.15, -0.1) is 11.3 Å². The molecule has 4 rings (SSSR count). The second kappa shape index (κ2) is 6.39. The molecule has 0 saturated heterocycles. The van der Waals surface area contributed by atoms with E-state index in [9.17, 15) is 14.9 Å². The fraction of sp³-hybridized carbons (Fsp3) is 0.556. The Morgan fingerprint density at radius 3 is 2.96 bits per heavy atom. The number of rotatable bonds is 5. The molecule has 0 aromatic carbocycles. The summed E-state index contributed by atoms with van der Waals surface area (Å²) in [6.45, 7) is 1.78. The van der Waals surface area contributed by atoms with Crippen LogP contribution in [0.15, 0.2) is 9.95 Å². The molecule has 1 fully saturated rings. The summed E-state index contributed by atoms with van der Waals surface area (Å²) < 4.78 is 1.54. The van der Waals surface area contributed by atoms with E-state index in [0.717, 1.165) is 42.3 Å². The number of carbonyl (C=O) groups is 1. The van der Waals surface area contributed by atoms with Gasteiger partial charge in [-0.3, -0.25) is 14.2 Å². The lowest BCUT2D eigenvalue weighted by atomic mass is 9.98. The van der Waals surface area contributed by atoms with Gasteiger partial charge in [-0.2, -0.15) is 5.26 Å². The van der Waals surface area contributed by atoms with Gasteiger partial charge >= 0.3 is 0 Å². The first-order valence-electron chi connectivity index (χ1n) is 8.79. The number of nitrogens with zero attached hydrogens (tertiary/aromatic N) is 3. The molecule has 1 atom stereocenters. The van der Waals surface area contributed by atoms with Crippen LogP contribution in [-0.2, 0) is 24.7 Å².